The molecule has 0 aliphatic heterocycles. The molecular weight excluding hydrogens is 344 g/mol. The molecule has 0 saturated heterocycles. The van der Waals surface area contributed by atoms with E-state index >= 15 is 0 Å². The van der Waals surface area contributed by atoms with Gasteiger partial charge < -0.3 is 10.7 Å². The van der Waals surface area contributed by atoms with Gasteiger partial charge in [-0.3, -0.25) is 4.79 Å². The first kappa shape index (κ1) is 14.8. The van der Waals surface area contributed by atoms with Gasteiger partial charge in [-0.1, -0.05) is 27.5 Å². The molecular formula is C13H12BrClN4O. The monoisotopic (exact) mass is 354 g/mol. The van der Waals surface area contributed by atoms with Crippen molar-refractivity contribution in [2.45, 2.75) is 6.92 Å². The van der Waals surface area contributed by atoms with E-state index in [-0.39, 0.29) is 11.1 Å². The zero-order valence-corrected chi connectivity index (χ0v) is 12.9. The number of hydrazine groups is 1. The predicted octanol–water partition coefficient (Wildman–Crippen LogP) is 3.34. The molecule has 0 aliphatic carbocycles. The molecule has 20 heavy (non-hydrogen) atoms. The average Bonchev–Trinajstić information content (AvgIpc) is 2.41. The Labute approximate surface area is 129 Å². The Balaban J connectivity index is 2.26. The summed E-state index contributed by atoms with van der Waals surface area (Å²) in [7, 11) is 0. The van der Waals surface area contributed by atoms with Gasteiger partial charge in [-0.15, -0.1) is 0 Å². The van der Waals surface area contributed by atoms with Gasteiger partial charge in [-0.25, -0.2) is 10.8 Å². The maximum atomic E-state index is 12.2. The summed E-state index contributed by atoms with van der Waals surface area (Å²) < 4.78 is 0.953. The van der Waals surface area contributed by atoms with Crippen LogP contribution in [-0.4, -0.2) is 10.9 Å². The number of carbonyl (C=O) groups excluding carboxylic acids is 1. The first-order chi connectivity index (χ1) is 9.49. The number of pyridine rings is 1. The van der Waals surface area contributed by atoms with Gasteiger partial charge in [0.15, 0.2) is 0 Å². The standard InChI is InChI=1S/C13H12BrClN4O/c1-7-4-9(14)2-3-10(7)17-13(20)8-5-11(15)18-12(6-8)19-16/h2-6H,16H2,1H3,(H,17,20)(H,18,19). The lowest BCUT2D eigenvalue weighted by Gasteiger charge is -2.10. The molecule has 0 radical (unpaired) electrons. The van der Waals surface area contributed by atoms with Crippen molar-refractivity contribution in [1.82, 2.24) is 4.98 Å². The lowest BCUT2D eigenvalue weighted by Crippen LogP contribution is -2.15. The van der Waals surface area contributed by atoms with Crippen molar-refractivity contribution < 1.29 is 4.79 Å². The Hall–Kier alpha value is -1.63. The van der Waals surface area contributed by atoms with Crippen LogP contribution in [0.1, 0.15) is 15.9 Å². The van der Waals surface area contributed by atoms with Crippen LogP contribution in [0.4, 0.5) is 11.5 Å². The fourth-order valence-corrected chi connectivity index (χ4v) is 2.35. The van der Waals surface area contributed by atoms with Gasteiger partial charge in [-0.05, 0) is 42.8 Å². The van der Waals surface area contributed by atoms with E-state index in [0.717, 1.165) is 15.7 Å². The second kappa shape index (κ2) is 6.21. The number of nitrogen functional groups attached to an aromatic ring is 1. The highest BCUT2D eigenvalue weighted by Crippen LogP contribution is 2.21. The molecule has 0 fully saturated rings. The zero-order valence-electron chi connectivity index (χ0n) is 10.6. The van der Waals surface area contributed by atoms with Crippen LogP contribution in [0.25, 0.3) is 0 Å². The molecule has 0 saturated carbocycles. The molecule has 0 atom stereocenters. The Kier molecular flexibility index (Phi) is 4.59. The number of rotatable bonds is 3. The van der Waals surface area contributed by atoms with Gasteiger partial charge in [0.2, 0.25) is 0 Å². The predicted molar refractivity (Wildman–Crippen MR) is 83.9 cm³/mol. The summed E-state index contributed by atoms with van der Waals surface area (Å²) in [6.45, 7) is 1.91. The zero-order chi connectivity index (χ0) is 14.7. The maximum absolute atomic E-state index is 12.2. The molecule has 0 bridgehead atoms. The van der Waals surface area contributed by atoms with E-state index in [1.54, 1.807) is 0 Å². The van der Waals surface area contributed by atoms with E-state index in [1.807, 2.05) is 25.1 Å². The van der Waals surface area contributed by atoms with Crippen LogP contribution in [0.15, 0.2) is 34.8 Å². The number of anilines is 2. The molecule has 0 unspecified atom stereocenters. The van der Waals surface area contributed by atoms with Crippen molar-refractivity contribution in [3.8, 4) is 0 Å². The summed E-state index contributed by atoms with van der Waals surface area (Å²) >= 11 is 9.21. The molecule has 7 heteroatoms. The van der Waals surface area contributed by atoms with Crippen molar-refractivity contribution in [3.05, 3.63) is 51.1 Å². The van der Waals surface area contributed by atoms with E-state index in [2.05, 4.69) is 31.7 Å². The number of nitrogens with two attached hydrogens (primary N) is 1. The van der Waals surface area contributed by atoms with E-state index in [0.29, 0.717) is 11.4 Å². The third-order valence-electron chi connectivity index (χ3n) is 2.64. The quantitative estimate of drug-likeness (QED) is 0.448. The highest BCUT2D eigenvalue weighted by molar-refractivity contribution is 9.10. The number of nitrogens with one attached hydrogen (secondary N) is 2. The van der Waals surface area contributed by atoms with Crippen LogP contribution in [0.5, 0.6) is 0 Å². The van der Waals surface area contributed by atoms with Gasteiger partial charge in [0.25, 0.3) is 5.91 Å². The van der Waals surface area contributed by atoms with Crippen LogP contribution >= 0.6 is 27.5 Å². The van der Waals surface area contributed by atoms with Gasteiger partial charge in [0.1, 0.15) is 11.0 Å². The second-order valence-corrected chi connectivity index (χ2v) is 5.42. The maximum Gasteiger partial charge on any atom is 0.255 e. The Morgan fingerprint density at radius 2 is 2.10 bits per heavy atom. The van der Waals surface area contributed by atoms with Crippen molar-refractivity contribution in [2.24, 2.45) is 5.84 Å². The van der Waals surface area contributed by atoms with Crippen LogP contribution in [0, 0.1) is 6.92 Å². The van der Waals surface area contributed by atoms with Crippen molar-refractivity contribution in [3.63, 3.8) is 0 Å². The summed E-state index contributed by atoms with van der Waals surface area (Å²) in [6.07, 6.45) is 0. The highest BCUT2D eigenvalue weighted by Gasteiger charge is 2.10. The normalized spacial score (nSPS) is 10.2. The molecule has 4 N–H and O–H groups in total. The summed E-state index contributed by atoms with van der Waals surface area (Å²) in [6, 6.07) is 8.60. The minimum Gasteiger partial charge on any atom is -0.322 e. The van der Waals surface area contributed by atoms with E-state index in [4.69, 9.17) is 17.4 Å². The van der Waals surface area contributed by atoms with E-state index in [9.17, 15) is 4.79 Å². The summed E-state index contributed by atoms with van der Waals surface area (Å²) in [5.74, 6) is 5.32. The molecule has 2 rings (SSSR count). The minimum absolute atomic E-state index is 0.193. The van der Waals surface area contributed by atoms with Gasteiger partial charge in [-0.2, -0.15) is 0 Å². The van der Waals surface area contributed by atoms with Crippen molar-refractivity contribution >= 4 is 44.9 Å². The molecule has 0 spiro atoms. The first-order valence-corrected chi connectivity index (χ1v) is 6.88. The van der Waals surface area contributed by atoms with Gasteiger partial charge >= 0.3 is 0 Å². The lowest BCUT2D eigenvalue weighted by molar-refractivity contribution is 0.102. The smallest absolute Gasteiger partial charge is 0.255 e. The summed E-state index contributed by atoms with van der Waals surface area (Å²) in [4.78, 5) is 16.1. The van der Waals surface area contributed by atoms with Crippen LogP contribution < -0.4 is 16.6 Å². The largest absolute Gasteiger partial charge is 0.322 e. The number of benzene rings is 1. The van der Waals surface area contributed by atoms with Crippen LogP contribution in [0.3, 0.4) is 0 Å². The molecule has 1 heterocycles. The molecule has 1 amide bonds. The molecule has 2 aromatic rings. The third kappa shape index (κ3) is 3.47. The van der Waals surface area contributed by atoms with Crippen LogP contribution in [0.2, 0.25) is 5.15 Å². The number of hydrogen-bond acceptors (Lipinski definition) is 4. The summed E-state index contributed by atoms with van der Waals surface area (Å²) in [5, 5.41) is 3.01. The number of hydrogen-bond donors (Lipinski definition) is 3. The molecule has 0 aliphatic rings. The first-order valence-electron chi connectivity index (χ1n) is 5.71. The molecule has 1 aromatic carbocycles. The number of aromatic nitrogens is 1. The fraction of sp³-hybridized carbons (Fsp3) is 0.0769. The summed E-state index contributed by atoms with van der Waals surface area (Å²) in [5.41, 5.74) is 4.42. The topological polar surface area (TPSA) is 80.0 Å². The van der Waals surface area contributed by atoms with Gasteiger partial charge in [0.05, 0.1) is 0 Å². The molecule has 104 valence electrons. The molecule has 5 nitrogen and oxygen atoms in total. The van der Waals surface area contributed by atoms with Gasteiger partial charge in [0, 0.05) is 15.7 Å². The SMILES string of the molecule is Cc1cc(Br)ccc1NC(=O)c1cc(Cl)nc(NN)c1. The fourth-order valence-electron chi connectivity index (χ4n) is 1.66. The minimum atomic E-state index is -0.281. The van der Waals surface area contributed by atoms with Crippen LogP contribution in [-0.2, 0) is 0 Å². The average molecular weight is 356 g/mol. The van der Waals surface area contributed by atoms with E-state index < -0.39 is 0 Å². The third-order valence-corrected chi connectivity index (χ3v) is 3.33. The number of amides is 1. The molecule has 1 aromatic heterocycles. The number of carbonyl (C=O) groups is 1. The number of halogens is 2. The lowest BCUT2D eigenvalue weighted by atomic mass is 10.2. The Bertz CT molecular complexity index is 663. The number of nitrogens with zero attached hydrogens (tertiary/aromatic N) is 1. The van der Waals surface area contributed by atoms with E-state index in [1.165, 1.54) is 12.1 Å². The Morgan fingerprint density at radius 3 is 2.75 bits per heavy atom. The highest BCUT2D eigenvalue weighted by atomic mass is 79.9. The van der Waals surface area contributed by atoms with Crippen molar-refractivity contribution in [1.29, 1.82) is 0 Å². The Morgan fingerprint density at radius 1 is 1.35 bits per heavy atom. The van der Waals surface area contributed by atoms with Crippen molar-refractivity contribution in [2.75, 3.05) is 10.7 Å². The second-order valence-electron chi connectivity index (χ2n) is 4.12. The number of aryl methyl sites for hydroxylation is 1.